The van der Waals surface area contributed by atoms with Gasteiger partial charge in [0.25, 0.3) is 5.91 Å². The Morgan fingerprint density at radius 3 is 2.61 bits per heavy atom. The van der Waals surface area contributed by atoms with Crippen LogP contribution in [-0.2, 0) is 4.79 Å². The van der Waals surface area contributed by atoms with Gasteiger partial charge in [-0.15, -0.1) is 0 Å². The molecule has 0 aromatic heterocycles. The third kappa shape index (κ3) is 5.30. The van der Waals surface area contributed by atoms with E-state index in [0.717, 1.165) is 18.4 Å². The zero-order chi connectivity index (χ0) is 20.1. The number of carbonyl (C=O) groups is 2. The predicted molar refractivity (Wildman–Crippen MR) is 108 cm³/mol. The van der Waals surface area contributed by atoms with E-state index in [1.54, 1.807) is 0 Å². The number of aryl methyl sites for hydroxylation is 1. The monoisotopic (exact) mass is 403 g/mol. The molecule has 0 aliphatic carbocycles. The van der Waals surface area contributed by atoms with Crippen LogP contribution in [0.2, 0.25) is 5.02 Å². The molecule has 1 aliphatic rings. The minimum Gasteiger partial charge on any atom is -0.349 e. The number of piperidine rings is 1. The molecular formula is C21H23ClFN3O2. The highest BCUT2D eigenvalue weighted by Gasteiger charge is 2.23. The Hall–Kier alpha value is -2.44. The molecule has 28 heavy (non-hydrogen) atoms. The molecule has 0 spiro atoms. The van der Waals surface area contributed by atoms with E-state index in [-0.39, 0.29) is 30.1 Å². The van der Waals surface area contributed by atoms with Crippen molar-refractivity contribution in [1.82, 2.24) is 10.2 Å². The summed E-state index contributed by atoms with van der Waals surface area (Å²) in [5.41, 5.74) is 1.72. The Kier molecular flexibility index (Phi) is 6.65. The van der Waals surface area contributed by atoms with Gasteiger partial charge in [0.1, 0.15) is 5.82 Å². The van der Waals surface area contributed by atoms with Crippen LogP contribution < -0.4 is 10.6 Å². The third-order valence-corrected chi connectivity index (χ3v) is 5.12. The predicted octanol–water partition coefficient (Wildman–Crippen LogP) is 3.62. The maximum atomic E-state index is 13.7. The number of nitrogens with zero attached hydrogens (tertiary/aromatic N) is 1. The lowest BCUT2D eigenvalue weighted by molar-refractivity contribution is -0.117. The number of carbonyl (C=O) groups excluding carboxylic acids is 2. The van der Waals surface area contributed by atoms with Gasteiger partial charge >= 0.3 is 0 Å². The van der Waals surface area contributed by atoms with E-state index in [1.165, 1.54) is 18.2 Å². The third-order valence-electron chi connectivity index (χ3n) is 4.88. The van der Waals surface area contributed by atoms with Gasteiger partial charge in [0.05, 0.1) is 12.2 Å². The summed E-state index contributed by atoms with van der Waals surface area (Å²) in [7, 11) is 0. The number of hydrogen-bond acceptors (Lipinski definition) is 3. The molecule has 2 aromatic rings. The molecular weight excluding hydrogens is 381 g/mol. The topological polar surface area (TPSA) is 61.4 Å². The molecule has 7 heteroatoms. The van der Waals surface area contributed by atoms with Crippen LogP contribution in [0.4, 0.5) is 10.1 Å². The summed E-state index contributed by atoms with van der Waals surface area (Å²) >= 11 is 5.84. The van der Waals surface area contributed by atoms with Gasteiger partial charge in [-0.25, -0.2) is 4.39 Å². The summed E-state index contributed by atoms with van der Waals surface area (Å²) in [5.74, 6) is -0.871. The molecule has 2 N–H and O–H groups in total. The molecule has 1 aliphatic heterocycles. The quantitative estimate of drug-likeness (QED) is 0.801. The highest BCUT2D eigenvalue weighted by molar-refractivity contribution is 6.30. The average Bonchev–Trinajstić information content (AvgIpc) is 2.66. The Balaban J connectivity index is 1.46. The first-order valence-corrected chi connectivity index (χ1v) is 9.64. The Labute approximate surface area is 168 Å². The van der Waals surface area contributed by atoms with Crippen molar-refractivity contribution in [2.75, 3.05) is 25.0 Å². The molecule has 5 nitrogen and oxygen atoms in total. The largest absolute Gasteiger partial charge is 0.349 e. The standard InChI is InChI=1S/C21H23ClFN3O2/c1-14-4-2-3-5-17(14)21(28)24-16-8-10-26(11-9-16)13-20(27)25-19-12-15(22)6-7-18(19)23/h2-7,12,16H,8-11,13H2,1H3,(H,24,28)(H,25,27). The van der Waals surface area contributed by atoms with Crippen LogP contribution in [0.5, 0.6) is 0 Å². The lowest BCUT2D eigenvalue weighted by Gasteiger charge is -2.32. The number of likely N-dealkylation sites (tertiary alicyclic amines) is 1. The number of benzene rings is 2. The number of anilines is 1. The van der Waals surface area contributed by atoms with E-state index in [2.05, 4.69) is 10.6 Å². The number of hydrogen-bond donors (Lipinski definition) is 2. The fourth-order valence-electron chi connectivity index (χ4n) is 3.31. The van der Waals surface area contributed by atoms with Crippen molar-refractivity contribution in [3.63, 3.8) is 0 Å². The zero-order valence-electron chi connectivity index (χ0n) is 15.7. The van der Waals surface area contributed by atoms with E-state index in [9.17, 15) is 14.0 Å². The van der Waals surface area contributed by atoms with E-state index in [4.69, 9.17) is 11.6 Å². The van der Waals surface area contributed by atoms with Gasteiger partial charge in [-0.05, 0) is 49.6 Å². The second kappa shape index (κ2) is 9.17. The minimum absolute atomic E-state index is 0.0641. The van der Waals surface area contributed by atoms with Gasteiger partial charge < -0.3 is 10.6 Å². The van der Waals surface area contributed by atoms with Crippen LogP contribution in [0.25, 0.3) is 0 Å². The SMILES string of the molecule is Cc1ccccc1C(=O)NC1CCN(CC(=O)Nc2cc(Cl)ccc2F)CC1. The molecule has 1 saturated heterocycles. The lowest BCUT2D eigenvalue weighted by Crippen LogP contribution is -2.46. The molecule has 0 saturated carbocycles. The Bertz CT molecular complexity index is 866. The second-order valence-corrected chi connectivity index (χ2v) is 7.45. The summed E-state index contributed by atoms with van der Waals surface area (Å²) in [4.78, 5) is 26.6. The van der Waals surface area contributed by atoms with Gasteiger partial charge in [-0.1, -0.05) is 29.8 Å². The van der Waals surface area contributed by atoms with Gasteiger partial charge in [0.2, 0.25) is 5.91 Å². The molecule has 0 radical (unpaired) electrons. The van der Waals surface area contributed by atoms with Crippen LogP contribution in [0.1, 0.15) is 28.8 Å². The first kappa shape index (κ1) is 20.3. The molecule has 148 valence electrons. The molecule has 0 unspecified atom stereocenters. The van der Waals surface area contributed by atoms with Crippen molar-refractivity contribution < 1.29 is 14.0 Å². The van der Waals surface area contributed by atoms with Gasteiger partial charge in [-0.2, -0.15) is 0 Å². The Morgan fingerprint density at radius 1 is 1.18 bits per heavy atom. The molecule has 1 fully saturated rings. The zero-order valence-corrected chi connectivity index (χ0v) is 16.4. The van der Waals surface area contributed by atoms with Crippen LogP contribution in [0.15, 0.2) is 42.5 Å². The first-order chi connectivity index (χ1) is 13.4. The molecule has 0 bridgehead atoms. The number of rotatable bonds is 5. The molecule has 1 heterocycles. The summed E-state index contributed by atoms with van der Waals surface area (Å²) in [6.45, 7) is 3.46. The maximum Gasteiger partial charge on any atom is 0.251 e. The summed E-state index contributed by atoms with van der Waals surface area (Å²) in [6, 6.07) is 11.6. The number of halogens is 2. The molecule has 3 rings (SSSR count). The van der Waals surface area contributed by atoms with E-state index < -0.39 is 5.82 Å². The Morgan fingerprint density at radius 2 is 1.89 bits per heavy atom. The summed E-state index contributed by atoms with van der Waals surface area (Å²) in [5, 5.41) is 6.00. The van der Waals surface area contributed by atoms with Crippen molar-refractivity contribution in [2.45, 2.75) is 25.8 Å². The van der Waals surface area contributed by atoms with Crippen LogP contribution in [0, 0.1) is 12.7 Å². The fraction of sp³-hybridized carbons (Fsp3) is 0.333. The van der Waals surface area contributed by atoms with Crippen molar-refractivity contribution in [3.8, 4) is 0 Å². The highest BCUT2D eigenvalue weighted by atomic mass is 35.5. The lowest BCUT2D eigenvalue weighted by atomic mass is 10.0. The van der Waals surface area contributed by atoms with Gasteiger partial charge in [0.15, 0.2) is 0 Å². The summed E-state index contributed by atoms with van der Waals surface area (Å²) < 4.78 is 13.7. The van der Waals surface area contributed by atoms with Crippen molar-refractivity contribution >= 4 is 29.1 Å². The second-order valence-electron chi connectivity index (χ2n) is 7.01. The molecule has 2 aromatic carbocycles. The number of nitrogens with one attached hydrogen (secondary N) is 2. The first-order valence-electron chi connectivity index (χ1n) is 9.26. The van der Waals surface area contributed by atoms with Crippen molar-refractivity contribution in [3.05, 3.63) is 64.4 Å². The smallest absolute Gasteiger partial charge is 0.251 e. The van der Waals surface area contributed by atoms with Crippen molar-refractivity contribution in [1.29, 1.82) is 0 Å². The maximum absolute atomic E-state index is 13.7. The summed E-state index contributed by atoms with van der Waals surface area (Å²) in [6.07, 6.45) is 1.52. The number of amides is 2. The molecule has 0 atom stereocenters. The van der Waals surface area contributed by atoms with Crippen LogP contribution in [-0.4, -0.2) is 42.4 Å². The fourth-order valence-corrected chi connectivity index (χ4v) is 3.48. The van der Waals surface area contributed by atoms with Gasteiger partial charge in [0, 0.05) is 29.7 Å². The van der Waals surface area contributed by atoms with E-state index >= 15 is 0 Å². The van der Waals surface area contributed by atoms with E-state index in [1.807, 2.05) is 36.1 Å². The molecule has 2 amide bonds. The minimum atomic E-state index is -0.518. The normalized spacial score (nSPS) is 15.2. The average molecular weight is 404 g/mol. The van der Waals surface area contributed by atoms with Crippen LogP contribution in [0.3, 0.4) is 0 Å². The highest BCUT2D eigenvalue weighted by Crippen LogP contribution is 2.20. The van der Waals surface area contributed by atoms with Gasteiger partial charge in [-0.3, -0.25) is 14.5 Å². The van der Waals surface area contributed by atoms with Crippen LogP contribution >= 0.6 is 11.6 Å². The van der Waals surface area contributed by atoms with Crippen molar-refractivity contribution in [2.24, 2.45) is 0 Å². The van der Waals surface area contributed by atoms with E-state index in [0.29, 0.717) is 23.7 Å².